The smallest absolute Gasteiger partial charge is 0.315 e. The first-order valence-electron chi connectivity index (χ1n) is 7.15. The standard InChI is InChI=1S/C16H26N2O3/c1-16(2,3)14(19)9-10-17-15(20)18-11-12-5-7-13(21-4)8-6-12/h5-8,14,19H,9-11H2,1-4H3,(H2,17,18,20)/t14-/m1/s1. The largest absolute Gasteiger partial charge is 0.497 e. The van der Waals surface area contributed by atoms with Crippen LogP contribution in [0.2, 0.25) is 0 Å². The Hall–Kier alpha value is -1.75. The summed E-state index contributed by atoms with van der Waals surface area (Å²) in [6.07, 6.45) is 0.110. The van der Waals surface area contributed by atoms with Crippen LogP contribution in [0.15, 0.2) is 24.3 Å². The molecular formula is C16H26N2O3. The summed E-state index contributed by atoms with van der Waals surface area (Å²) in [4.78, 5) is 11.6. The van der Waals surface area contributed by atoms with Crippen LogP contribution in [0.3, 0.4) is 0 Å². The molecule has 3 N–H and O–H groups in total. The van der Waals surface area contributed by atoms with Crippen molar-refractivity contribution >= 4 is 6.03 Å². The highest BCUT2D eigenvalue weighted by Crippen LogP contribution is 2.20. The van der Waals surface area contributed by atoms with Gasteiger partial charge in [-0.15, -0.1) is 0 Å². The number of urea groups is 1. The lowest BCUT2D eigenvalue weighted by Gasteiger charge is -2.25. The van der Waals surface area contributed by atoms with Gasteiger partial charge in [-0.05, 0) is 29.5 Å². The van der Waals surface area contributed by atoms with E-state index in [0.717, 1.165) is 11.3 Å². The molecule has 5 heteroatoms. The van der Waals surface area contributed by atoms with E-state index in [4.69, 9.17) is 4.74 Å². The van der Waals surface area contributed by atoms with Crippen molar-refractivity contribution in [1.29, 1.82) is 0 Å². The van der Waals surface area contributed by atoms with Crippen molar-refractivity contribution < 1.29 is 14.6 Å². The van der Waals surface area contributed by atoms with Crippen LogP contribution in [-0.4, -0.2) is 30.9 Å². The molecule has 0 aliphatic heterocycles. The van der Waals surface area contributed by atoms with Crippen LogP contribution >= 0.6 is 0 Å². The van der Waals surface area contributed by atoms with E-state index in [0.29, 0.717) is 19.5 Å². The Morgan fingerprint density at radius 3 is 2.38 bits per heavy atom. The van der Waals surface area contributed by atoms with E-state index in [-0.39, 0.29) is 11.4 Å². The number of hydrogen-bond donors (Lipinski definition) is 3. The van der Waals surface area contributed by atoms with Crippen molar-refractivity contribution in [2.24, 2.45) is 5.41 Å². The average molecular weight is 294 g/mol. The number of nitrogens with one attached hydrogen (secondary N) is 2. The summed E-state index contributed by atoms with van der Waals surface area (Å²) in [7, 11) is 1.62. The summed E-state index contributed by atoms with van der Waals surface area (Å²) in [5.41, 5.74) is 0.835. The van der Waals surface area contributed by atoms with Crippen molar-refractivity contribution in [2.75, 3.05) is 13.7 Å². The van der Waals surface area contributed by atoms with Gasteiger partial charge in [0, 0.05) is 13.1 Å². The van der Waals surface area contributed by atoms with Crippen molar-refractivity contribution in [2.45, 2.75) is 39.8 Å². The van der Waals surface area contributed by atoms with Gasteiger partial charge < -0.3 is 20.5 Å². The van der Waals surface area contributed by atoms with Gasteiger partial charge in [-0.3, -0.25) is 0 Å². The van der Waals surface area contributed by atoms with Gasteiger partial charge in [0.25, 0.3) is 0 Å². The Labute approximate surface area is 126 Å². The van der Waals surface area contributed by atoms with Gasteiger partial charge in [0.2, 0.25) is 0 Å². The zero-order chi connectivity index (χ0) is 15.9. The number of ether oxygens (including phenoxy) is 1. The number of hydrogen-bond acceptors (Lipinski definition) is 3. The molecule has 1 aromatic carbocycles. The highest BCUT2D eigenvalue weighted by atomic mass is 16.5. The average Bonchev–Trinajstić information content (AvgIpc) is 2.44. The van der Waals surface area contributed by atoms with E-state index < -0.39 is 6.10 Å². The fraction of sp³-hybridized carbons (Fsp3) is 0.562. The number of aliphatic hydroxyl groups is 1. The molecule has 0 aromatic heterocycles. The lowest BCUT2D eigenvalue weighted by Crippen LogP contribution is -2.38. The van der Waals surface area contributed by atoms with Crippen molar-refractivity contribution in [1.82, 2.24) is 10.6 Å². The van der Waals surface area contributed by atoms with E-state index in [1.165, 1.54) is 0 Å². The van der Waals surface area contributed by atoms with Crippen molar-refractivity contribution in [3.8, 4) is 5.75 Å². The number of methoxy groups -OCH3 is 1. The first kappa shape index (κ1) is 17.3. The van der Waals surface area contributed by atoms with Gasteiger partial charge in [0.1, 0.15) is 5.75 Å². The molecule has 0 fully saturated rings. The number of benzene rings is 1. The van der Waals surface area contributed by atoms with E-state index in [1.807, 2.05) is 45.0 Å². The number of rotatable bonds is 6. The number of carbonyl (C=O) groups is 1. The van der Waals surface area contributed by atoms with Gasteiger partial charge in [0.05, 0.1) is 13.2 Å². The van der Waals surface area contributed by atoms with Gasteiger partial charge >= 0.3 is 6.03 Å². The molecule has 2 amide bonds. The Morgan fingerprint density at radius 2 is 1.86 bits per heavy atom. The number of amides is 2. The summed E-state index contributed by atoms with van der Waals surface area (Å²) in [5.74, 6) is 0.791. The van der Waals surface area contributed by atoms with Crippen LogP contribution in [0, 0.1) is 5.41 Å². The SMILES string of the molecule is COc1ccc(CNC(=O)NCC[C@@H](O)C(C)(C)C)cc1. The molecule has 0 saturated heterocycles. The molecule has 1 rings (SSSR count). The molecular weight excluding hydrogens is 268 g/mol. The summed E-state index contributed by atoms with van der Waals surface area (Å²) in [6, 6.07) is 7.29. The van der Waals surface area contributed by atoms with Crippen LogP contribution in [0.5, 0.6) is 5.75 Å². The highest BCUT2D eigenvalue weighted by Gasteiger charge is 2.21. The molecule has 1 atom stereocenters. The lowest BCUT2D eigenvalue weighted by atomic mass is 9.87. The number of aliphatic hydroxyl groups excluding tert-OH is 1. The van der Waals surface area contributed by atoms with Gasteiger partial charge in [-0.2, -0.15) is 0 Å². The Morgan fingerprint density at radius 1 is 1.24 bits per heavy atom. The number of carbonyl (C=O) groups excluding carboxylic acids is 1. The molecule has 0 radical (unpaired) electrons. The van der Waals surface area contributed by atoms with Crippen molar-refractivity contribution in [3.63, 3.8) is 0 Å². The molecule has 0 unspecified atom stereocenters. The third-order valence-corrected chi connectivity index (χ3v) is 3.32. The second-order valence-electron chi connectivity index (χ2n) is 6.13. The van der Waals surface area contributed by atoms with E-state index in [1.54, 1.807) is 7.11 Å². The van der Waals surface area contributed by atoms with E-state index >= 15 is 0 Å². The van der Waals surface area contributed by atoms with Crippen LogP contribution in [0.1, 0.15) is 32.8 Å². The maximum Gasteiger partial charge on any atom is 0.315 e. The normalized spacial score (nSPS) is 12.6. The first-order chi connectivity index (χ1) is 9.82. The summed E-state index contributed by atoms with van der Waals surface area (Å²) in [5, 5.41) is 15.4. The first-order valence-corrected chi connectivity index (χ1v) is 7.15. The molecule has 0 heterocycles. The van der Waals surface area contributed by atoms with Crippen LogP contribution in [-0.2, 0) is 6.54 Å². The summed E-state index contributed by atoms with van der Waals surface area (Å²) >= 11 is 0. The molecule has 0 saturated carbocycles. The minimum Gasteiger partial charge on any atom is -0.497 e. The van der Waals surface area contributed by atoms with E-state index in [9.17, 15) is 9.90 Å². The predicted molar refractivity (Wildman–Crippen MR) is 83.3 cm³/mol. The van der Waals surface area contributed by atoms with Crippen molar-refractivity contribution in [3.05, 3.63) is 29.8 Å². The third kappa shape index (κ3) is 6.49. The summed E-state index contributed by atoms with van der Waals surface area (Å²) in [6.45, 7) is 6.83. The third-order valence-electron chi connectivity index (χ3n) is 3.32. The Bertz CT molecular complexity index is 438. The summed E-state index contributed by atoms with van der Waals surface area (Å²) < 4.78 is 5.07. The fourth-order valence-corrected chi connectivity index (χ4v) is 1.74. The zero-order valence-corrected chi connectivity index (χ0v) is 13.3. The molecule has 0 spiro atoms. The van der Waals surface area contributed by atoms with Gasteiger partial charge in [-0.25, -0.2) is 4.79 Å². The second-order valence-corrected chi connectivity index (χ2v) is 6.13. The fourth-order valence-electron chi connectivity index (χ4n) is 1.74. The molecule has 0 bridgehead atoms. The minimum absolute atomic E-state index is 0.165. The monoisotopic (exact) mass is 294 g/mol. The highest BCUT2D eigenvalue weighted by molar-refractivity contribution is 5.73. The predicted octanol–water partition coefficient (Wildman–Crippen LogP) is 2.29. The van der Waals surface area contributed by atoms with Gasteiger partial charge in [0.15, 0.2) is 0 Å². The Kier molecular flexibility index (Phi) is 6.49. The zero-order valence-electron chi connectivity index (χ0n) is 13.3. The van der Waals surface area contributed by atoms with E-state index in [2.05, 4.69) is 10.6 Å². The molecule has 1 aromatic rings. The second kappa shape index (κ2) is 7.88. The van der Waals surface area contributed by atoms with Crippen LogP contribution < -0.4 is 15.4 Å². The maximum absolute atomic E-state index is 11.6. The maximum atomic E-state index is 11.6. The minimum atomic E-state index is -0.431. The topological polar surface area (TPSA) is 70.6 Å². The van der Waals surface area contributed by atoms with Crippen LogP contribution in [0.4, 0.5) is 4.79 Å². The Balaban J connectivity index is 2.25. The van der Waals surface area contributed by atoms with Crippen LogP contribution in [0.25, 0.3) is 0 Å². The molecule has 5 nitrogen and oxygen atoms in total. The quantitative estimate of drug-likeness (QED) is 0.754. The molecule has 0 aliphatic rings. The molecule has 118 valence electrons. The van der Waals surface area contributed by atoms with Gasteiger partial charge in [-0.1, -0.05) is 32.9 Å². The molecule has 0 aliphatic carbocycles. The lowest BCUT2D eigenvalue weighted by molar-refractivity contribution is 0.0564. The molecule has 21 heavy (non-hydrogen) atoms.